The number of benzene rings is 1. The van der Waals surface area contributed by atoms with Crippen molar-refractivity contribution < 1.29 is 19.5 Å². The van der Waals surface area contributed by atoms with Crippen molar-refractivity contribution in [3.63, 3.8) is 0 Å². The van der Waals surface area contributed by atoms with Gasteiger partial charge < -0.3 is 15.3 Å². The number of hydrogen-bond acceptors (Lipinski definition) is 5. The van der Waals surface area contributed by atoms with Crippen LogP contribution in [0.4, 0.5) is 5.69 Å². The van der Waals surface area contributed by atoms with Gasteiger partial charge in [0.05, 0.1) is 5.57 Å². The molecule has 7 heteroatoms. The van der Waals surface area contributed by atoms with Gasteiger partial charge in [-0.25, -0.2) is 0 Å². The molecule has 1 unspecified atom stereocenters. The number of aliphatic hydroxyl groups excluding tert-OH is 1. The van der Waals surface area contributed by atoms with E-state index >= 15 is 0 Å². The Morgan fingerprint density at radius 1 is 1.21 bits per heavy atom. The summed E-state index contributed by atoms with van der Waals surface area (Å²) in [4.78, 5) is 40.7. The van der Waals surface area contributed by atoms with Crippen LogP contribution >= 0.6 is 0 Å². The zero-order valence-corrected chi connectivity index (χ0v) is 16.4. The van der Waals surface area contributed by atoms with Crippen molar-refractivity contribution in [3.8, 4) is 0 Å². The van der Waals surface area contributed by atoms with E-state index in [0.717, 1.165) is 12.8 Å². The maximum Gasteiger partial charge on any atom is 0.277 e. The normalized spacial score (nSPS) is 20.2. The van der Waals surface area contributed by atoms with E-state index in [9.17, 15) is 19.5 Å². The second kappa shape index (κ2) is 8.56. The predicted octanol–water partition coefficient (Wildman–Crippen LogP) is 1.84. The fraction of sp³-hybridized carbons (Fsp3) is 0.476. The number of amides is 3. The molecule has 1 aromatic carbocycles. The molecular weight excluding hydrogens is 358 g/mol. The van der Waals surface area contributed by atoms with E-state index in [1.165, 1.54) is 11.8 Å². The van der Waals surface area contributed by atoms with Gasteiger partial charge in [-0.2, -0.15) is 0 Å². The Hall–Kier alpha value is -2.67. The fourth-order valence-corrected chi connectivity index (χ4v) is 3.88. The minimum atomic E-state index is -0.278. The Kier molecular flexibility index (Phi) is 6.14. The number of nitrogens with zero attached hydrogens (tertiary/aromatic N) is 2. The molecule has 3 amide bonds. The van der Waals surface area contributed by atoms with E-state index in [4.69, 9.17) is 0 Å². The molecule has 3 rings (SSSR count). The van der Waals surface area contributed by atoms with Gasteiger partial charge in [0, 0.05) is 38.9 Å². The van der Waals surface area contributed by atoms with Gasteiger partial charge in [0.1, 0.15) is 5.70 Å². The molecule has 1 saturated heterocycles. The first-order valence-electron chi connectivity index (χ1n) is 9.80. The first-order valence-corrected chi connectivity index (χ1v) is 9.80. The summed E-state index contributed by atoms with van der Waals surface area (Å²) in [6.45, 7) is 5.08. The van der Waals surface area contributed by atoms with Crippen molar-refractivity contribution in [3.05, 3.63) is 35.5 Å². The van der Waals surface area contributed by atoms with Crippen LogP contribution in [-0.2, 0) is 14.4 Å². The van der Waals surface area contributed by atoms with Crippen LogP contribution in [-0.4, -0.2) is 58.9 Å². The largest absolute Gasteiger partial charge is 0.396 e. The highest BCUT2D eigenvalue weighted by Crippen LogP contribution is 2.34. The molecule has 0 radical (unpaired) electrons. The van der Waals surface area contributed by atoms with Crippen LogP contribution in [0.2, 0.25) is 0 Å². The Bertz CT molecular complexity index is 800. The highest BCUT2D eigenvalue weighted by molar-refractivity contribution is 6.35. The Balaban J connectivity index is 2.00. The predicted molar refractivity (Wildman–Crippen MR) is 106 cm³/mol. The number of piperidine rings is 1. The summed E-state index contributed by atoms with van der Waals surface area (Å²) in [6, 6.07) is 6.98. The standard InChI is InChI=1S/C21H27N3O4/c1-3-10-24-20(27)18(16-6-8-17(9-7-16)22-14(2)26)19(21(24)28)23-11-4-5-15(12-23)13-25/h6-9,15,25H,3-5,10-13H2,1-2H3,(H,22,26). The lowest BCUT2D eigenvalue weighted by molar-refractivity contribution is -0.137. The van der Waals surface area contributed by atoms with Gasteiger partial charge in [0.15, 0.2) is 0 Å². The van der Waals surface area contributed by atoms with Gasteiger partial charge >= 0.3 is 0 Å². The van der Waals surface area contributed by atoms with Gasteiger partial charge in [-0.15, -0.1) is 0 Å². The number of imide groups is 1. The van der Waals surface area contributed by atoms with Crippen molar-refractivity contribution in [2.24, 2.45) is 5.92 Å². The molecular formula is C21H27N3O4. The zero-order chi connectivity index (χ0) is 20.3. The molecule has 1 atom stereocenters. The van der Waals surface area contributed by atoms with E-state index in [1.54, 1.807) is 24.3 Å². The number of aliphatic hydroxyl groups is 1. The Labute approximate surface area is 165 Å². The van der Waals surface area contributed by atoms with Crippen molar-refractivity contribution in [1.82, 2.24) is 9.80 Å². The number of hydrogen-bond donors (Lipinski definition) is 2. The monoisotopic (exact) mass is 385 g/mol. The van der Waals surface area contributed by atoms with Crippen LogP contribution < -0.4 is 5.32 Å². The number of rotatable bonds is 6. The van der Waals surface area contributed by atoms with Crippen molar-refractivity contribution in [1.29, 1.82) is 0 Å². The van der Waals surface area contributed by atoms with Crippen LogP contribution in [0.5, 0.6) is 0 Å². The number of nitrogens with one attached hydrogen (secondary N) is 1. The van der Waals surface area contributed by atoms with Crippen LogP contribution in [0.15, 0.2) is 30.0 Å². The molecule has 2 N–H and O–H groups in total. The lowest BCUT2D eigenvalue weighted by atomic mass is 9.97. The molecule has 0 saturated carbocycles. The molecule has 1 aromatic rings. The van der Waals surface area contributed by atoms with Crippen LogP contribution in [0, 0.1) is 5.92 Å². The molecule has 0 spiro atoms. The lowest BCUT2D eigenvalue weighted by Gasteiger charge is -2.34. The number of anilines is 1. The summed E-state index contributed by atoms with van der Waals surface area (Å²) in [5.74, 6) is -0.600. The maximum absolute atomic E-state index is 13.1. The third-order valence-corrected chi connectivity index (χ3v) is 5.18. The lowest BCUT2D eigenvalue weighted by Crippen LogP contribution is -2.40. The summed E-state index contributed by atoms with van der Waals surface area (Å²) in [6.07, 6.45) is 2.49. The first kappa shape index (κ1) is 20.1. The van der Waals surface area contributed by atoms with E-state index in [1.807, 2.05) is 11.8 Å². The van der Waals surface area contributed by atoms with Gasteiger partial charge in [0.2, 0.25) is 5.91 Å². The second-order valence-electron chi connectivity index (χ2n) is 7.38. The molecule has 0 aromatic heterocycles. The quantitative estimate of drug-likeness (QED) is 0.730. The fourth-order valence-electron chi connectivity index (χ4n) is 3.88. The second-order valence-corrected chi connectivity index (χ2v) is 7.38. The van der Waals surface area contributed by atoms with E-state index in [2.05, 4.69) is 5.32 Å². The SMILES string of the molecule is CCCN1C(=O)C(c2ccc(NC(C)=O)cc2)=C(N2CCCC(CO)C2)C1=O. The van der Waals surface area contributed by atoms with Crippen LogP contribution in [0.1, 0.15) is 38.7 Å². The van der Waals surface area contributed by atoms with Gasteiger partial charge in [-0.3, -0.25) is 19.3 Å². The summed E-state index contributed by atoms with van der Waals surface area (Å²) in [5.41, 5.74) is 2.14. The number of carbonyl (C=O) groups is 3. The van der Waals surface area contributed by atoms with Crippen molar-refractivity contribution >= 4 is 29.0 Å². The minimum absolute atomic E-state index is 0.0747. The third-order valence-electron chi connectivity index (χ3n) is 5.18. The first-order chi connectivity index (χ1) is 13.5. The third kappa shape index (κ3) is 3.94. The highest BCUT2D eigenvalue weighted by atomic mass is 16.3. The molecule has 7 nitrogen and oxygen atoms in total. The number of carbonyl (C=O) groups excluding carboxylic acids is 3. The van der Waals surface area contributed by atoms with Gasteiger partial charge in [-0.1, -0.05) is 19.1 Å². The van der Waals surface area contributed by atoms with E-state index < -0.39 is 0 Å². The topological polar surface area (TPSA) is 90.0 Å². The number of likely N-dealkylation sites (tertiary alicyclic amines) is 1. The summed E-state index contributed by atoms with van der Waals surface area (Å²) >= 11 is 0. The molecule has 2 aliphatic heterocycles. The average Bonchev–Trinajstić information content (AvgIpc) is 2.93. The average molecular weight is 385 g/mol. The molecule has 0 bridgehead atoms. The minimum Gasteiger partial charge on any atom is -0.396 e. The van der Waals surface area contributed by atoms with Gasteiger partial charge in [0.25, 0.3) is 11.8 Å². The maximum atomic E-state index is 13.1. The summed E-state index contributed by atoms with van der Waals surface area (Å²) in [5, 5.41) is 12.3. The smallest absolute Gasteiger partial charge is 0.277 e. The molecule has 2 aliphatic rings. The van der Waals surface area contributed by atoms with Crippen LogP contribution in [0.25, 0.3) is 5.57 Å². The summed E-state index contributed by atoms with van der Waals surface area (Å²) < 4.78 is 0. The van der Waals surface area contributed by atoms with E-state index in [0.29, 0.717) is 48.6 Å². The van der Waals surface area contributed by atoms with Crippen molar-refractivity contribution in [2.45, 2.75) is 33.1 Å². The van der Waals surface area contributed by atoms with E-state index in [-0.39, 0.29) is 30.2 Å². The molecule has 150 valence electrons. The zero-order valence-electron chi connectivity index (χ0n) is 16.4. The Morgan fingerprint density at radius 3 is 2.54 bits per heavy atom. The Morgan fingerprint density at radius 2 is 1.93 bits per heavy atom. The molecule has 2 heterocycles. The van der Waals surface area contributed by atoms with Gasteiger partial charge in [-0.05, 0) is 42.9 Å². The summed E-state index contributed by atoms with van der Waals surface area (Å²) in [7, 11) is 0. The van der Waals surface area contributed by atoms with Crippen molar-refractivity contribution in [2.75, 3.05) is 31.6 Å². The molecule has 1 fully saturated rings. The highest BCUT2D eigenvalue weighted by Gasteiger charge is 2.41. The molecule has 28 heavy (non-hydrogen) atoms. The molecule has 0 aliphatic carbocycles. The van der Waals surface area contributed by atoms with Crippen LogP contribution in [0.3, 0.4) is 0 Å².